The minimum Gasteiger partial charge on any atom is -0.336 e. The lowest BCUT2D eigenvalue weighted by atomic mass is 10.2. The third-order valence-corrected chi connectivity index (χ3v) is 4.82. The number of benzene rings is 1. The van der Waals surface area contributed by atoms with Crippen molar-refractivity contribution in [3.05, 3.63) is 77.2 Å². The van der Waals surface area contributed by atoms with E-state index in [-0.39, 0.29) is 0 Å². The Morgan fingerprint density at radius 2 is 1.93 bits per heavy atom. The van der Waals surface area contributed by atoms with Crippen molar-refractivity contribution < 1.29 is 0 Å². The van der Waals surface area contributed by atoms with Crippen LogP contribution >= 0.6 is 11.3 Å². The van der Waals surface area contributed by atoms with E-state index in [0.717, 1.165) is 23.6 Å². The summed E-state index contributed by atoms with van der Waals surface area (Å²) in [5.41, 5.74) is 3.80. The van der Waals surface area contributed by atoms with Gasteiger partial charge in [0.1, 0.15) is 0 Å². The fourth-order valence-electron chi connectivity index (χ4n) is 2.86. The minimum atomic E-state index is 0.707. The topological polar surface area (TPSA) is 72.9 Å². The monoisotopic (exact) mass is 373 g/mol. The molecule has 0 radical (unpaired) electrons. The lowest BCUT2D eigenvalue weighted by Crippen LogP contribution is -2.00. The smallest absolute Gasteiger partial charge is 0.186 e. The molecular formula is C19H15N7S. The van der Waals surface area contributed by atoms with Crippen LogP contribution in [-0.4, -0.2) is 29.6 Å². The molecule has 4 heterocycles. The highest BCUT2D eigenvalue weighted by atomic mass is 32.1. The molecule has 0 unspecified atom stereocenters. The third kappa shape index (κ3) is 3.18. The molecular weight excluding hydrogens is 358 g/mol. The van der Waals surface area contributed by atoms with Gasteiger partial charge >= 0.3 is 0 Å². The Morgan fingerprint density at radius 3 is 2.78 bits per heavy atom. The zero-order chi connectivity index (χ0) is 18.1. The van der Waals surface area contributed by atoms with E-state index in [1.807, 2.05) is 58.0 Å². The average Bonchev–Trinajstić information content (AvgIpc) is 3.43. The van der Waals surface area contributed by atoms with Crippen molar-refractivity contribution in [2.24, 2.45) is 0 Å². The number of anilines is 2. The first-order valence-electron chi connectivity index (χ1n) is 8.44. The van der Waals surface area contributed by atoms with Crippen LogP contribution < -0.4 is 5.32 Å². The van der Waals surface area contributed by atoms with Gasteiger partial charge in [-0.1, -0.05) is 30.3 Å². The van der Waals surface area contributed by atoms with E-state index in [1.54, 1.807) is 22.0 Å². The van der Waals surface area contributed by atoms with Gasteiger partial charge in [0.25, 0.3) is 0 Å². The molecule has 0 amide bonds. The Morgan fingerprint density at radius 1 is 1.00 bits per heavy atom. The second-order valence-electron chi connectivity index (χ2n) is 6.06. The van der Waals surface area contributed by atoms with Crippen LogP contribution in [0.2, 0.25) is 0 Å². The van der Waals surface area contributed by atoms with Crippen LogP contribution in [0.1, 0.15) is 5.56 Å². The number of hydrogen-bond donors (Lipinski definition) is 1. The highest BCUT2D eigenvalue weighted by Crippen LogP contribution is 2.22. The van der Waals surface area contributed by atoms with Crippen molar-refractivity contribution in [3.63, 3.8) is 0 Å². The van der Waals surface area contributed by atoms with Gasteiger partial charge < -0.3 is 5.32 Å². The maximum Gasteiger partial charge on any atom is 0.186 e. The Labute approximate surface area is 158 Å². The van der Waals surface area contributed by atoms with Gasteiger partial charge in [-0.05, 0) is 29.1 Å². The summed E-state index contributed by atoms with van der Waals surface area (Å²) in [5.74, 6) is 1.44. The predicted octanol–water partition coefficient (Wildman–Crippen LogP) is 3.84. The lowest BCUT2D eigenvalue weighted by molar-refractivity contribution is 0.687. The first kappa shape index (κ1) is 15.7. The summed E-state index contributed by atoms with van der Waals surface area (Å²) in [4.78, 5) is 0. The van der Waals surface area contributed by atoms with Gasteiger partial charge in [0, 0.05) is 17.1 Å². The van der Waals surface area contributed by atoms with Crippen LogP contribution in [0.5, 0.6) is 0 Å². The Hall–Kier alpha value is -3.52. The summed E-state index contributed by atoms with van der Waals surface area (Å²) in [7, 11) is 0. The minimum absolute atomic E-state index is 0.707. The molecule has 4 aromatic heterocycles. The first-order valence-corrected chi connectivity index (χ1v) is 9.38. The van der Waals surface area contributed by atoms with Crippen LogP contribution in [0.4, 0.5) is 11.5 Å². The molecule has 5 rings (SSSR count). The van der Waals surface area contributed by atoms with E-state index < -0.39 is 0 Å². The van der Waals surface area contributed by atoms with Gasteiger partial charge in [0.2, 0.25) is 0 Å². The van der Waals surface area contributed by atoms with Crippen molar-refractivity contribution >= 4 is 28.5 Å². The molecule has 0 bridgehead atoms. The van der Waals surface area contributed by atoms with E-state index >= 15 is 0 Å². The highest BCUT2D eigenvalue weighted by Gasteiger charge is 2.10. The Balaban J connectivity index is 1.39. The summed E-state index contributed by atoms with van der Waals surface area (Å²) in [6.07, 6.45) is 3.76. The maximum atomic E-state index is 4.63. The van der Waals surface area contributed by atoms with Gasteiger partial charge in [-0.15, -0.1) is 15.3 Å². The molecule has 0 atom stereocenters. The van der Waals surface area contributed by atoms with Crippen LogP contribution in [0.3, 0.4) is 0 Å². The van der Waals surface area contributed by atoms with Crippen molar-refractivity contribution in [1.82, 2.24) is 29.6 Å². The van der Waals surface area contributed by atoms with Gasteiger partial charge in [-0.25, -0.2) is 0 Å². The van der Waals surface area contributed by atoms with E-state index in [4.69, 9.17) is 0 Å². The molecule has 8 heteroatoms. The predicted molar refractivity (Wildman–Crippen MR) is 105 cm³/mol. The number of thiophene rings is 1. The number of nitrogens with one attached hydrogen (secondary N) is 1. The number of rotatable bonds is 5. The van der Waals surface area contributed by atoms with E-state index in [1.165, 1.54) is 5.56 Å². The zero-order valence-corrected chi connectivity index (χ0v) is 15.0. The zero-order valence-electron chi connectivity index (χ0n) is 14.2. The third-order valence-electron chi connectivity index (χ3n) is 4.14. The normalized spacial score (nSPS) is 11.1. The average molecular weight is 373 g/mol. The second-order valence-corrected chi connectivity index (χ2v) is 6.84. The van der Waals surface area contributed by atoms with Crippen LogP contribution in [0.25, 0.3) is 17.0 Å². The molecule has 0 aliphatic carbocycles. The molecule has 0 spiro atoms. The van der Waals surface area contributed by atoms with Crippen molar-refractivity contribution in [3.8, 4) is 11.4 Å². The molecule has 0 saturated heterocycles. The summed E-state index contributed by atoms with van der Waals surface area (Å²) in [5, 5.41) is 24.8. The summed E-state index contributed by atoms with van der Waals surface area (Å²) in [6, 6.07) is 16.0. The highest BCUT2D eigenvalue weighted by molar-refractivity contribution is 7.08. The quantitative estimate of drug-likeness (QED) is 0.507. The van der Waals surface area contributed by atoms with Crippen molar-refractivity contribution in [2.45, 2.75) is 6.54 Å². The largest absolute Gasteiger partial charge is 0.336 e. The van der Waals surface area contributed by atoms with Crippen LogP contribution in [0, 0.1) is 0 Å². The van der Waals surface area contributed by atoms with E-state index in [0.29, 0.717) is 11.5 Å². The maximum absolute atomic E-state index is 4.63. The molecule has 0 fully saturated rings. The van der Waals surface area contributed by atoms with E-state index in [9.17, 15) is 0 Å². The second kappa shape index (κ2) is 6.65. The standard InChI is InChI=1S/C19H15N7S/c1-2-4-14(5-3-1)11-25-12-16(10-20-25)21-17-6-7-18-22-23-19(26(18)24-17)15-8-9-27-13-15/h1-10,12-13H,11H2,(H,21,24). The molecule has 5 aromatic rings. The van der Waals surface area contributed by atoms with Crippen LogP contribution in [-0.2, 0) is 6.54 Å². The number of hydrogen-bond acceptors (Lipinski definition) is 6. The van der Waals surface area contributed by atoms with Gasteiger partial charge in [0.15, 0.2) is 17.3 Å². The molecule has 0 aliphatic heterocycles. The van der Waals surface area contributed by atoms with Gasteiger partial charge in [0.05, 0.1) is 18.4 Å². The fourth-order valence-corrected chi connectivity index (χ4v) is 3.49. The first-order chi connectivity index (χ1) is 13.3. The van der Waals surface area contributed by atoms with Crippen molar-refractivity contribution in [2.75, 3.05) is 5.32 Å². The molecule has 132 valence electrons. The molecule has 0 saturated carbocycles. The lowest BCUT2D eigenvalue weighted by Gasteiger charge is -2.04. The van der Waals surface area contributed by atoms with Gasteiger partial charge in [-0.2, -0.15) is 21.0 Å². The summed E-state index contributed by atoms with van der Waals surface area (Å²) < 4.78 is 3.64. The Kier molecular flexibility index (Phi) is 3.87. The SMILES string of the molecule is c1ccc(Cn2cc(Nc3ccc4nnc(-c5ccsc5)n4n3)cn2)cc1. The van der Waals surface area contributed by atoms with Crippen LogP contribution in [0.15, 0.2) is 71.7 Å². The van der Waals surface area contributed by atoms with Gasteiger partial charge in [-0.3, -0.25) is 4.68 Å². The molecule has 27 heavy (non-hydrogen) atoms. The fraction of sp³-hybridized carbons (Fsp3) is 0.0526. The molecule has 7 nitrogen and oxygen atoms in total. The number of aromatic nitrogens is 6. The summed E-state index contributed by atoms with van der Waals surface area (Å²) in [6.45, 7) is 0.725. The summed E-state index contributed by atoms with van der Waals surface area (Å²) >= 11 is 1.62. The number of fused-ring (bicyclic) bond motifs is 1. The molecule has 1 N–H and O–H groups in total. The Bertz CT molecular complexity index is 1180. The van der Waals surface area contributed by atoms with Crippen molar-refractivity contribution in [1.29, 1.82) is 0 Å². The number of nitrogens with zero attached hydrogens (tertiary/aromatic N) is 6. The molecule has 0 aliphatic rings. The molecule has 1 aromatic carbocycles. The van der Waals surface area contributed by atoms with E-state index in [2.05, 4.69) is 37.8 Å².